The smallest absolute Gasteiger partial charge is 0.346 e. The molecule has 0 aliphatic carbocycles. The van der Waals surface area contributed by atoms with E-state index in [1.165, 1.54) is 0 Å². The maximum Gasteiger partial charge on any atom is 0.401 e. The Labute approximate surface area is 107 Å². The Balaban J connectivity index is 1.98. The number of alkyl halides is 3. The van der Waals surface area contributed by atoms with Crippen LogP contribution in [0.3, 0.4) is 0 Å². The lowest BCUT2D eigenvalue weighted by molar-refractivity contribution is -0.124. The van der Waals surface area contributed by atoms with Gasteiger partial charge in [-0.3, -0.25) is 0 Å². The highest BCUT2D eigenvalue weighted by atomic mass is 35.5. The molecular weight excluding hydrogens is 265 g/mol. The summed E-state index contributed by atoms with van der Waals surface area (Å²) in [6, 6.07) is 7.37. The van der Waals surface area contributed by atoms with Crippen molar-refractivity contribution in [2.45, 2.75) is 12.7 Å². The fourth-order valence-electron chi connectivity index (χ4n) is 1.81. The van der Waals surface area contributed by atoms with Crippen LogP contribution in [0.2, 0.25) is 5.02 Å². The fourth-order valence-corrected chi connectivity index (χ4v) is 2.04. The molecule has 0 fully saturated rings. The summed E-state index contributed by atoms with van der Waals surface area (Å²) in [6.45, 7) is -0.233. The summed E-state index contributed by atoms with van der Waals surface area (Å²) >= 11 is 6.01. The molecule has 1 N–H and O–H groups in total. The summed E-state index contributed by atoms with van der Waals surface area (Å²) in [4.78, 5) is 0. The standard InChI is InChI=1S/C12H12ClF3N2/c13-10-2-1-3-11-9(10)4-6-18(11)7-5-17-8-12(14,15)16/h1-4,6,17H,5,7-8H2. The topological polar surface area (TPSA) is 17.0 Å². The molecule has 0 amide bonds. The number of nitrogens with one attached hydrogen (secondary N) is 1. The van der Waals surface area contributed by atoms with Crippen molar-refractivity contribution in [1.29, 1.82) is 0 Å². The molecule has 6 heteroatoms. The van der Waals surface area contributed by atoms with Gasteiger partial charge in [-0.1, -0.05) is 17.7 Å². The summed E-state index contributed by atoms with van der Waals surface area (Å²) < 4.78 is 37.7. The number of fused-ring (bicyclic) bond motifs is 1. The molecule has 0 saturated heterocycles. The van der Waals surface area contributed by atoms with E-state index in [4.69, 9.17) is 11.6 Å². The van der Waals surface area contributed by atoms with Gasteiger partial charge in [0.05, 0.1) is 6.54 Å². The van der Waals surface area contributed by atoms with E-state index in [2.05, 4.69) is 5.32 Å². The molecule has 2 aromatic rings. The van der Waals surface area contributed by atoms with Crippen LogP contribution in [0.5, 0.6) is 0 Å². The Morgan fingerprint density at radius 3 is 2.72 bits per heavy atom. The van der Waals surface area contributed by atoms with Crippen molar-refractivity contribution >= 4 is 22.5 Å². The number of halogens is 4. The third kappa shape index (κ3) is 3.17. The maximum absolute atomic E-state index is 11.9. The van der Waals surface area contributed by atoms with Crippen molar-refractivity contribution < 1.29 is 13.2 Å². The van der Waals surface area contributed by atoms with Gasteiger partial charge in [0.2, 0.25) is 0 Å². The maximum atomic E-state index is 11.9. The molecule has 0 spiro atoms. The minimum atomic E-state index is -4.16. The van der Waals surface area contributed by atoms with Crippen molar-refractivity contribution in [3.8, 4) is 0 Å². The summed E-state index contributed by atoms with van der Waals surface area (Å²) in [7, 11) is 0. The molecule has 0 radical (unpaired) electrons. The fraction of sp³-hybridized carbons (Fsp3) is 0.333. The first-order chi connectivity index (χ1) is 8.47. The lowest BCUT2D eigenvalue weighted by Gasteiger charge is -2.09. The molecule has 98 valence electrons. The van der Waals surface area contributed by atoms with Crippen LogP contribution in [0, 0.1) is 0 Å². The second kappa shape index (κ2) is 5.20. The van der Waals surface area contributed by atoms with Gasteiger partial charge in [0.15, 0.2) is 0 Å². The Morgan fingerprint density at radius 2 is 2.00 bits per heavy atom. The van der Waals surface area contributed by atoms with Gasteiger partial charge in [-0.05, 0) is 18.2 Å². The highest BCUT2D eigenvalue weighted by Crippen LogP contribution is 2.23. The van der Waals surface area contributed by atoms with Gasteiger partial charge in [-0.15, -0.1) is 0 Å². The Morgan fingerprint density at radius 1 is 1.22 bits per heavy atom. The summed E-state index contributed by atoms with van der Waals surface area (Å²) in [5.41, 5.74) is 0.927. The monoisotopic (exact) mass is 276 g/mol. The number of nitrogens with zero attached hydrogens (tertiary/aromatic N) is 1. The first-order valence-electron chi connectivity index (χ1n) is 5.48. The van der Waals surface area contributed by atoms with E-state index in [9.17, 15) is 13.2 Å². The molecule has 0 bridgehead atoms. The van der Waals surface area contributed by atoms with Crippen LogP contribution in [-0.4, -0.2) is 23.8 Å². The number of benzene rings is 1. The van der Waals surface area contributed by atoms with Crippen LogP contribution in [0.4, 0.5) is 13.2 Å². The molecule has 0 atom stereocenters. The van der Waals surface area contributed by atoms with E-state index < -0.39 is 12.7 Å². The van der Waals surface area contributed by atoms with Crippen LogP contribution in [0.1, 0.15) is 0 Å². The predicted octanol–water partition coefficient (Wildman–Crippen LogP) is 3.45. The van der Waals surface area contributed by atoms with E-state index in [-0.39, 0.29) is 6.54 Å². The molecule has 0 saturated carbocycles. The van der Waals surface area contributed by atoms with Crippen LogP contribution in [0.15, 0.2) is 30.5 Å². The molecule has 0 aliphatic rings. The van der Waals surface area contributed by atoms with E-state index >= 15 is 0 Å². The van der Waals surface area contributed by atoms with Crippen molar-refractivity contribution in [2.24, 2.45) is 0 Å². The van der Waals surface area contributed by atoms with Crippen molar-refractivity contribution in [3.63, 3.8) is 0 Å². The molecule has 18 heavy (non-hydrogen) atoms. The highest BCUT2D eigenvalue weighted by molar-refractivity contribution is 6.35. The van der Waals surface area contributed by atoms with Crippen molar-refractivity contribution in [2.75, 3.05) is 13.1 Å². The normalized spacial score (nSPS) is 12.2. The zero-order valence-electron chi connectivity index (χ0n) is 9.47. The minimum absolute atomic E-state index is 0.260. The van der Waals surface area contributed by atoms with E-state index in [0.717, 1.165) is 10.9 Å². The molecule has 1 aromatic heterocycles. The quantitative estimate of drug-likeness (QED) is 0.847. The number of aromatic nitrogens is 1. The van der Waals surface area contributed by atoms with E-state index in [1.54, 1.807) is 6.07 Å². The summed E-state index contributed by atoms with van der Waals surface area (Å²) in [5.74, 6) is 0. The van der Waals surface area contributed by atoms with Gasteiger partial charge >= 0.3 is 6.18 Å². The van der Waals surface area contributed by atoms with Crippen LogP contribution in [0.25, 0.3) is 10.9 Å². The van der Waals surface area contributed by atoms with Gasteiger partial charge in [-0.25, -0.2) is 0 Å². The summed E-state index contributed by atoms with van der Waals surface area (Å²) in [5, 5.41) is 3.92. The molecule has 2 nitrogen and oxygen atoms in total. The van der Waals surface area contributed by atoms with Gasteiger partial charge in [0, 0.05) is 35.2 Å². The first-order valence-corrected chi connectivity index (χ1v) is 5.86. The molecule has 1 aromatic carbocycles. The Kier molecular flexibility index (Phi) is 3.82. The zero-order chi connectivity index (χ0) is 13.2. The predicted molar refractivity (Wildman–Crippen MR) is 65.9 cm³/mol. The van der Waals surface area contributed by atoms with E-state index in [0.29, 0.717) is 11.6 Å². The lowest BCUT2D eigenvalue weighted by Crippen LogP contribution is -2.31. The lowest BCUT2D eigenvalue weighted by atomic mass is 10.2. The average Bonchev–Trinajstić information content (AvgIpc) is 2.68. The van der Waals surface area contributed by atoms with Gasteiger partial charge in [0.1, 0.15) is 0 Å². The molecule has 2 rings (SSSR count). The van der Waals surface area contributed by atoms with Gasteiger partial charge in [-0.2, -0.15) is 13.2 Å². The molecular formula is C12H12ClF3N2. The Bertz CT molecular complexity index is 534. The van der Waals surface area contributed by atoms with E-state index in [1.807, 2.05) is 29.0 Å². The Hall–Kier alpha value is -1.20. The first kappa shape index (κ1) is 13.2. The zero-order valence-corrected chi connectivity index (χ0v) is 10.2. The third-order valence-corrected chi connectivity index (χ3v) is 2.94. The van der Waals surface area contributed by atoms with Crippen LogP contribution < -0.4 is 5.32 Å². The second-order valence-corrected chi connectivity index (χ2v) is 4.38. The van der Waals surface area contributed by atoms with Crippen LogP contribution >= 0.6 is 11.6 Å². The molecule has 0 unspecified atom stereocenters. The largest absolute Gasteiger partial charge is 0.401 e. The number of hydrogen-bond donors (Lipinski definition) is 1. The molecule has 1 heterocycles. The van der Waals surface area contributed by atoms with Gasteiger partial charge in [0.25, 0.3) is 0 Å². The summed E-state index contributed by atoms with van der Waals surface area (Å²) in [6.07, 6.45) is -2.34. The molecule has 0 aliphatic heterocycles. The number of hydrogen-bond acceptors (Lipinski definition) is 1. The minimum Gasteiger partial charge on any atom is -0.346 e. The number of rotatable bonds is 4. The van der Waals surface area contributed by atoms with Crippen molar-refractivity contribution in [1.82, 2.24) is 9.88 Å². The SMILES string of the molecule is FC(F)(F)CNCCn1ccc2c(Cl)cccc21. The third-order valence-electron chi connectivity index (χ3n) is 2.62. The average molecular weight is 277 g/mol. The van der Waals surface area contributed by atoms with Gasteiger partial charge < -0.3 is 9.88 Å². The highest BCUT2D eigenvalue weighted by Gasteiger charge is 2.25. The van der Waals surface area contributed by atoms with Crippen LogP contribution in [-0.2, 0) is 6.54 Å². The second-order valence-electron chi connectivity index (χ2n) is 3.97. The van der Waals surface area contributed by atoms with Crippen molar-refractivity contribution in [3.05, 3.63) is 35.5 Å².